The van der Waals surface area contributed by atoms with E-state index in [1.807, 2.05) is 63.2 Å². The molecule has 6 nitrogen and oxygen atoms in total. The summed E-state index contributed by atoms with van der Waals surface area (Å²) in [6, 6.07) is 11.4. The molecule has 0 saturated carbocycles. The molecule has 0 amide bonds. The zero-order valence-corrected chi connectivity index (χ0v) is 18.0. The van der Waals surface area contributed by atoms with E-state index in [-0.39, 0.29) is 5.56 Å². The molecule has 1 heterocycles. The van der Waals surface area contributed by atoms with Crippen LogP contribution in [0.25, 0.3) is 10.9 Å². The van der Waals surface area contributed by atoms with Crippen molar-refractivity contribution in [2.75, 3.05) is 25.6 Å². The number of rotatable bonds is 6. The lowest BCUT2D eigenvalue weighted by Crippen LogP contribution is -2.22. The molecule has 0 unspecified atom stereocenters. The van der Waals surface area contributed by atoms with Crippen LogP contribution in [0.4, 0.5) is 5.69 Å². The monoisotopic (exact) mass is 442 g/mol. The van der Waals surface area contributed by atoms with Gasteiger partial charge in [-0.05, 0) is 37.3 Å². The Hall–Kier alpha value is -2.67. The smallest absolute Gasteiger partial charge is 0.282 e. The molecule has 1 aromatic heterocycles. The third-order valence-electron chi connectivity index (χ3n) is 4.32. The summed E-state index contributed by atoms with van der Waals surface area (Å²) in [6.07, 6.45) is 2.24. The summed E-state index contributed by atoms with van der Waals surface area (Å²) in [5, 5.41) is 4.98. The Labute approximate surface area is 172 Å². The van der Waals surface area contributed by atoms with Crippen molar-refractivity contribution in [3.05, 3.63) is 62.6 Å². The van der Waals surface area contributed by atoms with Crippen molar-refractivity contribution in [1.29, 1.82) is 0 Å². The number of nitrogens with zero attached hydrogens (tertiary/aromatic N) is 4. The summed E-state index contributed by atoms with van der Waals surface area (Å²) in [4.78, 5) is 19.6. The van der Waals surface area contributed by atoms with Crippen LogP contribution in [0.1, 0.15) is 25.2 Å². The summed E-state index contributed by atoms with van der Waals surface area (Å²) in [5.74, 6) is 1.33. The molecule has 0 aliphatic rings. The molecule has 146 valence electrons. The largest absolute Gasteiger partial charge is 0.493 e. The van der Waals surface area contributed by atoms with Crippen molar-refractivity contribution in [2.24, 2.45) is 5.10 Å². The van der Waals surface area contributed by atoms with Gasteiger partial charge < -0.3 is 9.64 Å². The van der Waals surface area contributed by atoms with E-state index in [1.165, 1.54) is 4.68 Å². The van der Waals surface area contributed by atoms with Crippen LogP contribution < -0.4 is 15.2 Å². The van der Waals surface area contributed by atoms with E-state index in [1.54, 1.807) is 12.3 Å². The number of halogens is 1. The lowest BCUT2D eigenvalue weighted by Gasteiger charge is -2.15. The Balaban J connectivity index is 2.10. The van der Waals surface area contributed by atoms with Crippen LogP contribution in [0.2, 0.25) is 0 Å². The second-order valence-electron chi connectivity index (χ2n) is 6.45. The zero-order chi connectivity index (χ0) is 20.3. The quantitative estimate of drug-likeness (QED) is 0.539. The lowest BCUT2D eigenvalue weighted by atomic mass is 10.2. The van der Waals surface area contributed by atoms with E-state index < -0.39 is 0 Å². The highest BCUT2D eigenvalue weighted by molar-refractivity contribution is 9.10. The summed E-state index contributed by atoms with van der Waals surface area (Å²) in [5.41, 5.74) is 2.31. The van der Waals surface area contributed by atoms with Gasteiger partial charge in [0.1, 0.15) is 11.6 Å². The molecule has 0 fully saturated rings. The first-order chi connectivity index (χ1) is 13.4. The molecule has 2 aromatic carbocycles. The maximum Gasteiger partial charge on any atom is 0.282 e. The van der Waals surface area contributed by atoms with Gasteiger partial charge in [-0.3, -0.25) is 4.79 Å². The van der Waals surface area contributed by atoms with Gasteiger partial charge in [-0.1, -0.05) is 22.9 Å². The number of aryl methyl sites for hydroxylation is 1. The number of hydrogen-bond donors (Lipinski definition) is 0. The number of anilines is 1. The summed E-state index contributed by atoms with van der Waals surface area (Å²) < 4.78 is 7.96. The lowest BCUT2D eigenvalue weighted by molar-refractivity contribution is 0.340. The van der Waals surface area contributed by atoms with Crippen LogP contribution in [-0.2, 0) is 6.42 Å². The molecule has 0 N–H and O–H groups in total. The first kappa shape index (κ1) is 20.1. The SMILES string of the molecule is CCOc1cc(N(C)C)ccc1C=Nn1c(CC)nc2ccc(Br)cc2c1=O. The van der Waals surface area contributed by atoms with Gasteiger partial charge in [0, 0.05) is 42.3 Å². The number of ether oxygens (including phenoxy) is 1. The normalized spacial score (nSPS) is 11.3. The predicted molar refractivity (Wildman–Crippen MR) is 118 cm³/mol. The maximum atomic E-state index is 13.0. The van der Waals surface area contributed by atoms with Gasteiger partial charge in [-0.15, -0.1) is 0 Å². The number of aromatic nitrogens is 2. The fourth-order valence-electron chi connectivity index (χ4n) is 2.85. The van der Waals surface area contributed by atoms with Gasteiger partial charge in [0.2, 0.25) is 0 Å². The molecule has 0 spiro atoms. The van der Waals surface area contributed by atoms with E-state index in [0.29, 0.717) is 29.8 Å². The standard InChI is InChI=1S/C21H23BrN4O2/c1-5-20-24-18-10-8-15(22)11-17(18)21(27)26(20)23-13-14-7-9-16(25(3)4)12-19(14)28-6-2/h7-13H,5-6H2,1-4H3. The van der Waals surface area contributed by atoms with Crippen LogP contribution in [0, 0.1) is 0 Å². The molecular weight excluding hydrogens is 420 g/mol. The van der Waals surface area contributed by atoms with Crippen molar-refractivity contribution >= 4 is 38.7 Å². The van der Waals surface area contributed by atoms with Crippen LogP contribution in [0.5, 0.6) is 5.75 Å². The van der Waals surface area contributed by atoms with Crippen molar-refractivity contribution in [3.8, 4) is 5.75 Å². The van der Waals surface area contributed by atoms with Gasteiger partial charge in [0.25, 0.3) is 5.56 Å². The number of benzene rings is 2. The Bertz CT molecular complexity index is 1090. The fraction of sp³-hybridized carbons (Fsp3) is 0.286. The highest BCUT2D eigenvalue weighted by Crippen LogP contribution is 2.24. The van der Waals surface area contributed by atoms with Crippen LogP contribution in [-0.4, -0.2) is 36.6 Å². The van der Waals surface area contributed by atoms with Gasteiger partial charge in [-0.25, -0.2) is 4.98 Å². The molecule has 0 radical (unpaired) electrons. The van der Waals surface area contributed by atoms with E-state index in [0.717, 1.165) is 21.5 Å². The molecular formula is C21H23BrN4O2. The first-order valence-electron chi connectivity index (χ1n) is 9.14. The molecule has 0 atom stereocenters. The van der Waals surface area contributed by atoms with Crippen molar-refractivity contribution < 1.29 is 4.74 Å². The van der Waals surface area contributed by atoms with Gasteiger partial charge in [-0.2, -0.15) is 9.78 Å². The number of hydrogen-bond acceptors (Lipinski definition) is 5. The Kier molecular flexibility index (Phi) is 6.14. The Morgan fingerprint density at radius 1 is 1.21 bits per heavy atom. The van der Waals surface area contributed by atoms with Crippen LogP contribution in [0.15, 0.2) is 50.8 Å². The third-order valence-corrected chi connectivity index (χ3v) is 4.81. The van der Waals surface area contributed by atoms with Crippen LogP contribution in [0.3, 0.4) is 0 Å². The van der Waals surface area contributed by atoms with Crippen molar-refractivity contribution in [3.63, 3.8) is 0 Å². The predicted octanol–water partition coefficient (Wildman–Crippen LogP) is 4.07. The summed E-state index contributed by atoms with van der Waals surface area (Å²) in [7, 11) is 3.95. The molecule has 0 aliphatic carbocycles. The molecule has 28 heavy (non-hydrogen) atoms. The highest BCUT2D eigenvalue weighted by atomic mass is 79.9. The average Bonchev–Trinajstić information content (AvgIpc) is 2.68. The Morgan fingerprint density at radius 3 is 2.68 bits per heavy atom. The second kappa shape index (κ2) is 8.56. The van der Waals surface area contributed by atoms with E-state index in [9.17, 15) is 4.79 Å². The Morgan fingerprint density at radius 2 is 2.00 bits per heavy atom. The molecule has 0 bridgehead atoms. The molecule has 3 aromatic rings. The highest BCUT2D eigenvalue weighted by Gasteiger charge is 2.10. The minimum Gasteiger partial charge on any atom is -0.493 e. The van der Waals surface area contributed by atoms with Crippen molar-refractivity contribution in [1.82, 2.24) is 9.66 Å². The third kappa shape index (κ3) is 4.09. The van der Waals surface area contributed by atoms with E-state index >= 15 is 0 Å². The fourth-order valence-corrected chi connectivity index (χ4v) is 3.21. The molecule has 0 aliphatic heterocycles. The summed E-state index contributed by atoms with van der Waals surface area (Å²) >= 11 is 3.41. The maximum absolute atomic E-state index is 13.0. The molecule has 7 heteroatoms. The van der Waals surface area contributed by atoms with E-state index in [2.05, 4.69) is 26.0 Å². The molecule has 3 rings (SSSR count). The first-order valence-corrected chi connectivity index (χ1v) is 9.93. The average molecular weight is 443 g/mol. The van der Waals surface area contributed by atoms with E-state index in [4.69, 9.17) is 4.74 Å². The van der Waals surface area contributed by atoms with Gasteiger partial charge >= 0.3 is 0 Å². The summed E-state index contributed by atoms with van der Waals surface area (Å²) in [6.45, 7) is 4.44. The number of fused-ring (bicyclic) bond motifs is 1. The van der Waals surface area contributed by atoms with Crippen molar-refractivity contribution in [2.45, 2.75) is 20.3 Å². The zero-order valence-electron chi connectivity index (χ0n) is 16.4. The minimum atomic E-state index is -0.192. The van der Waals surface area contributed by atoms with Gasteiger partial charge in [0.05, 0.1) is 23.7 Å². The van der Waals surface area contributed by atoms with Crippen LogP contribution >= 0.6 is 15.9 Å². The topological polar surface area (TPSA) is 59.7 Å². The molecule has 0 saturated heterocycles. The van der Waals surface area contributed by atoms with Gasteiger partial charge in [0.15, 0.2) is 0 Å². The minimum absolute atomic E-state index is 0.192. The second-order valence-corrected chi connectivity index (χ2v) is 7.37.